The predicted molar refractivity (Wildman–Crippen MR) is 121 cm³/mol. The van der Waals surface area contributed by atoms with Gasteiger partial charge < -0.3 is 10.6 Å². The highest BCUT2D eigenvalue weighted by Crippen LogP contribution is 2.32. The van der Waals surface area contributed by atoms with Gasteiger partial charge in [0.2, 0.25) is 5.95 Å². The summed E-state index contributed by atoms with van der Waals surface area (Å²) in [7, 11) is 11.5. The molecule has 3 aromatic heterocycles. The summed E-state index contributed by atoms with van der Waals surface area (Å²) in [5.41, 5.74) is 1.34. The minimum absolute atomic E-state index is 0.0328. The molecule has 4 radical (unpaired) electrons. The fourth-order valence-electron chi connectivity index (χ4n) is 3.53. The molecular formula is C21H18B2F3N7O. The Hall–Kier alpha value is -3.63. The average molecular weight is 463 g/mol. The minimum atomic E-state index is -4.53. The normalized spacial score (nSPS) is 16.3. The van der Waals surface area contributed by atoms with Gasteiger partial charge in [-0.15, -0.1) is 0 Å². The number of alkyl halides is 3. The zero-order chi connectivity index (χ0) is 24.7. The van der Waals surface area contributed by atoms with E-state index in [1.54, 1.807) is 19.1 Å². The van der Waals surface area contributed by atoms with Crippen LogP contribution in [-0.4, -0.2) is 53.5 Å². The van der Waals surface area contributed by atoms with Crippen LogP contribution in [0.25, 0.3) is 11.1 Å². The molecule has 2 amide bonds. The third-order valence-corrected chi connectivity index (χ3v) is 5.20. The largest absolute Gasteiger partial charge is 0.433 e. The lowest BCUT2D eigenvalue weighted by Gasteiger charge is -2.19. The zero-order valence-corrected chi connectivity index (χ0v) is 18.3. The van der Waals surface area contributed by atoms with Crippen molar-refractivity contribution in [3.63, 3.8) is 0 Å². The number of amides is 2. The number of aromatic nitrogens is 4. The van der Waals surface area contributed by atoms with E-state index in [2.05, 4.69) is 30.6 Å². The van der Waals surface area contributed by atoms with Crippen LogP contribution in [0.5, 0.6) is 0 Å². The van der Waals surface area contributed by atoms with Crippen LogP contribution >= 0.6 is 0 Å². The van der Waals surface area contributed by atoms with Gasteiger partial charge in [0.15, 0.2) is 0 Å². The number of anilines is 2. The second-order valence-electron chi connectivity index (χ2n) is 8.01. The van der Waals surface area contributed by atoms with Gasteiger partial charge in [0, 0.05) is 30.7 Å². The number of carbonyl (C=O) groups excluding carboxylic acids is 1. The van der Waals surface area contributed by atoms with Crippen molar-refractivity contribution in [3.05, 3.63) is 59.8 Å². The Morgan fingerprint density at radius 3 is 2.56 bits per heavy atom. The zero-order valence-electron chi connectivity index (χ0n) is 18.3. The maximum Gasteiger partial charge on any atom is 0.433 e. The molecule has 1 fully saturated rings. The molecule has 1 aliphatic heterocycles. The molecule has 4 heterocycles. The molecule has 3 aromatic rings. The van der Waals surface area contributed by atoms with E-state index in [0.29, 0.717) is 22.6 Å². The van der Waals surface area contributed by atoms with Crippen molar-refractivity contribution in [3.8, 4) is 11.1 Å². The Labute approximate surface area is 196 Å². The first-order valence-corrected chi connectivity index (χ1v) is 10.2. The van der Waals surface area contributed by atoms with E-state index in [9.17, 15) is 18.0 Å². The van der Waals surface area contributed by atoms with E-state index in [1.165, 1.54) is 23.4 Å². The summed E-state index contributed by atoms with van der Waals surface area (Å²) >= 11 is 0. The van der Waals surface area contributed by atoms with Crippen molar-refractivity contribution in [2.45, 2.75) is 31.4 Å². The van der Waals surface area contributed by atoms with Crippen LogP contribution < -0.4 is 15.5 Å². The van der Waals surface area contributed by atoms with E-state index >= 15 is 0 Å². The average Bonchev–Trinajstić information content (AvgIpc) is 3.05. The van der Waals surface area contributed by atoms with E-state index in [4.69, 9.17) is 15.7 Å². The first-order valence-electron chi connectivity index (χ1n) is 10.2. The first kappa shape index (κ1) is 23.5. The highest BCUT2D eigenvalue weighted by molar-refractivity contribution is 6.42. The quantitative estimate of drug-likeness (QED) is 0.566. The third-order valence-electron chi connectivity index (χ3n) is 5.20. The number of pyridine rings is 2. The highest BCUT2D eigenvalue weighted by atomic mass is 19.4. The lowest BCUT2D eigenvalue weighted by molar-refractivity contribution is -0.141. The standard InChI is InChI=1S/C21H18B2F3N7O/c1-11-7-15(29-9-14(11)13-3-5-27-16(8-13)21(24,25)26)12(2)30-18-28-6-4-17(31-18)33-10-20(22,23)32-19(33)34/h3-9,12H,10H2,1-2H3,(H,32,34)(H,28,30,31). The van der Waals surface area contributed by atoms with Crippen molar-refractivity contribution in [2.75, 3.05) is 16.8 Å². The number of aryl methyl sites for hydroxylation is 1. The monoisotopic (exact) mass is 463 g/mol. The van der Waals surface area contributed by atoms with Crippen LogP contribution in [0, 0.1) is 6.92 Å². The van der Waals surface area contributed by atoms with Gasteiger partial charge in [-0.1, -0.05) is 0 Å². The van der Waals surface area contributed by atoms with Gasteiger partial charge in [-0.05, 0) is 54.6 Å². The maximum absolute atomic E-state index is 13.0. The molecule has 0 aliphatic carbocycles. The Kier molecular flexibility index (Phi) is 5.96. The Morgan fingerprint density at radius 1 is 1.18 bits per heavy atom. The van der Waals surface area contributed by atoms with Crippen LogP contribution in [-0.2, 0) is 6.18 Å². The first-order chi connectivity index (χ1) is 15.9. The number of urea groups is 1. The molecule has 1 aliphatic rings. The van der Waals surface area contributed by atoms with Gasteiger partial charge in [0.05, 0.1) is 27.4 Å². The maximum atomic E-state index is 13.0. The molecule has 34 heavy (non-hydrogen) atoms. The smallest absolute Gasteiger partial charge is 0.348 e. The number of hydrogen-bond acceptors (Lipinski definition) is 6. The molecule has 170 valence electrons. The van der Waals surface area contributed by atoms with Crippen LogP contribution in [0.2, 0.25) is 0 Å². The predicted octanol–water partition coefficient (Wildman–Crippen LogP) is 2.95. The van der Waals surface area contributed by atoms with E-state index in [1.807, 2.05) is 6.92 Å². The summed E-state index contributed by atoms with van der Waals surface area (Å²) in [5, 5.41) is 4.20. The topological polar surface area (TPSA) is 95.9 Å². The molecular weight excluding hydrogens is 445 g/mol. The molecule has 8 nitrogen and oxygen atoms in total. The fourth-order valence-corrected chi connectivity index (χ4v) is 3.53. The molecule has 1 atom stereocenters. The third kappa shape index (κ3) is 4.97. The fraction of sp³-hybridized carbons (Fsp3) is 0.286. The summed E-state index contributed by atoms with van der Waals surface area (Å²) in [6.07, 6.45) is -0.400. The van der Waals surface area contributed by atoms with Crippen molar-refractivity contribution < 1.29 is 18.0 Å². The summed E-state index contributed by atoms with van der Waals surface area (Å²) in [5.74, 6) is 0.564. The molecule has 0 bridgehead atoms. The number of hydrogen-bond donors (Lipinski definition) is 2. The summed E-state index contributed by atoms with van der Waals surface area (Å²) in [4.78, 5) is 29.7. The van der Waals surface area contributed by atoms with Crippen molar-refractivity contribution in [2.24, 2.45) is 0 Å². The minimum Gasteiger partial charge on any atom is -0.348 e. The van der Waals surface area contributed by atoms with Gasteiger partial charge in [0.25, 0.3) is 0 Å². The molecule has 0 aromatic carbocycles. The highest BCUT2D eigenvalue weighted by Gasteiger charge is 2.35. The lowest BCUT2D eigenvalue weighted by atomic mass is 9.63. The SMILES string of the molecule is [B]C1([B])CN(c2ccnc(NC(C)c3cc(C)c(-c4ccnc(C(F)(F)F)c4)cn3)n2)C(=O)N1. The van der Waals surface area contributed by atoms with Crippen LogP contribution in [0.1, 0.15) is 29.9 Å². The second kappa shape index (κ2) is 8.62. The molecule has 1 saturated heterocycles. The summed E-state index contributed by atoms with van der Waals surface area (Å²) in [6, 6.07) is 5.01. The van der Waals surface area contributed by atoms with Gasteiger partial charge in [-0.3, -0.25) is 14.9 Å². The molecule has 1 unspecified atom stereocenters. The molecule has 0 spiro atoms. The second-order valence-corrected chi connectivity index (χ2v) is 8.01. The Morgan fingerprint density at radius 2 is 1.91 bits per heavy atom. The van der Waals surface area contributed by atoms with E-state index in [0.717, 1.165) is 17.8 Å². The number of halogens is 3. The summed E-state index contributed by atoms with van der Waals surface area (Å²) in [6.45, 7) is 3.65. The summed E-state index contributed by atoms with van der Waals surface area (Å²) < 4.78 is 39.0. The van der Waals surface area contributed by atoms with Crippen molar-refractivity contribution in [1.29, 1.82) is 0 Å². The van der Waals surface area contributed by atoms with Crippen LogP contribution in [0.4, 0.5) is 29.7 Å². The number of carbonyl (C=O) groups is 1. The number of rotatable bonds is 5. The van der Waals surface area contributed by atoms with Crippen molar-refractivity contribution >= 4 is 33.5 Å². The molecule has 0 saturated carbocycles. The number of nitrogens with one attached hydrogen (secondary N) is 2. The van der Waals surface area contributed by atoms with Crippen molar-refractivity contribution in [1.82, 2.24) is 25.3 Å². The van der Waals surface area contributed by atoms with E-state index in [-0.39, 0.29) is 18.5 Å². The van der Waals surface area contributed by atoms with Crippen LogP contribution in [0.15, 0.2) is 42.9 Å². The van der Waals surface area contributed by atoms with Gasteiger partial charge in [-0.25, -0.2) is 9.78 Å². The number of nitrogens with zero attached hydrogens (tertiary/aromatic N) is 5. The van der Waals surface area contributed by atoms with Gasteiger partial charge >= 0.3 is 12.2 Å². The lowest BCUT2D eigenvalue weighted by Crippen LogP contribution is -2.44. The molecule has 4 rings (SSSR count). The van der Waals surface area contributed by atoms with Crippen LogP contribution in [0.3, 0.4) is 0 Å². The van der Waals surface area contributed by atoms with Gasteiger partial charge in [0.1, 0.15) is 11.5 Å². The van der Waals surface area contributed by atoms with Gasteiger partial charge in [-0.2, -0.15) is 18.2 Å². The molecule has 13 heteroatoms. The molecule has 2 N–H and O–H groups in total. The Balaban J connectivity index is 1.52. The Bertz CT molecular complexity index is 1240. The van der Waals surface area contributed by atoms with E-state index < -0.39 is 23.2 Å².